The first-order chi connectivity index (χ1) is 14.6. The molecule has 1 N–H and O–H groups in total. The number of hydrogen-bond donors (Lipinski definition) is 1. The molecule has 1 aliphatic heterocycles. The summed E-state index contributed by atoms with van der Waals surface area (Å²) < 4.78 is 7.16. The van der Waals surface area contributed by atoms with E-state index in [1.54, 1.807) is 23.0 Å². The number of halogens is 1. The quantitative estimate of drug-likeness (QED) is 0.656. The molecule has 0 spiro atoms. The molecule has 4 rings (SSSR count). The van der Waals surface area contributed by atoms with Gasteiger partial charge in [-0.15, -0.1) is 0 Å². The van der Waals surface area contributed by atoms with Crippen molar-refractivity contribution in [3.05, 3.63) is 82.6 Å². The molecule has 3 aromatic rings. The van der Waals surface area contributed by atoms with Crippen LogP contribution >= 0.6 is 11.6 Å². The van der Waals surface area contributed by atoms with Gasteiger partial charge in [0.25, 0.3) is 5.91 Å². The zero-order chi connectivity index (χ0) is 20.9. The van der Waals surface area contributed by atoms with Gasteiger partial charge in [-0.25, -0.2) is 4.68 Å². The summed E-state index contributed by atoms with van der Waals surface area (Å²) in [6.07, 6.45) is 1.76. The molecule has 0 radical (unpaired) electrons. The Kier molecular flexibility index (Phi) is 6.47. The van der Waals surface area contributed by atoms with Gasteiger partial charge in [-0.2, -0.15) is 5.10 Å². The maximum atomic E-state index is 12.8. The number of rotatable bonds is 6. The SMILES string of the molecule is Cc1cccc(C(CNC(=O)c2ccn(-c3cccc(Cl)c3)n2)N2CCOCC2)c1. The van der Waals surface area contributed by atoms with Gasteiger partial charge in [-0.3, -0.25) is 9.69 Å². The van der Waals surface area contributed by atoms with E-state index in [2.05, 4.69) is 46.5 Å². The standard InChI is InChI=1S/C23H25ClN4O2/c1-17-4-2-5-18(14-17)22(27-10-12-30-13-11-27)16-25-23(29)21-8-9-28(26-21)20-7-3-6-19(24)15-20/h2-9,14-15,22H,10-13,16H2,1H3,(H,25,29). The van der Waals surface area contributed by atoms with Crippen molar-refractivity contribution in [1.29, 1.82) is 0 Å². The Labute approximate surface area is 181 Å². The monoisotopic (exact) mass is 424 g/mol. The van der Waals surface area contributed by atoms with Crippen molar-refractivity contribution in [2.45, 2.75) is 13.0 Å². The van der Waals surface area contributed by atoms with Crippen LogP contribution in [0.4, 0.5) is 0 Å². The summed E-state index contributed by atoms with van der Waals surface area (Å²) in [6, 6.07) is 17.6. The van der Waals surface area contributed by atoms with Gasteiger partial charge in [0.2, 0.25) is 0 Å². The third-order valence-corrected chi connectivity index (χ3v) is 5.50. The molecule has 1 aromatic heterocycles. The first kappa shape index (κ1) is 20.6. The Morgan fingerprint density at radius 3 is 2.73 bits per heavy atom. The lowest BCUT2D eigenvalue weighted by atomic mass is 10.0. The van der Waals surface area contributed by atoms with Gasteiger partial charge >= 0.3 is 0 Å². The number of aryl methyl sites for hydroxylation is 1. The number of hydrogen-bond acceptors (Lipinski definition) is 4. The van der Waals surface area contributed by atoms with Crippen LogP contribution in [0.1, 0.15) is 27.7 Å². The predicted octanol–water partition coefficient (Wildman–Crippen LogP) is 3.64. The van der Waals surface area contributed by atoms with Gasteiger partial charge in [-0.1, -0.05) is 47.5 Å². The van der Waals surface area contributed by atoms with Crippen molar-refractivity contribution in [1.82, 2.24) is 20.0 Å². The third-order valence-electron chi connectivity index (χ3n) is 5.26. The molecule has 156 valence electrons. The fraction of sp³-hybridized carbons (Fsp3) is 0.304. The average Bonchev–Trinajstić information content (AvgIpc) is 3.25. The maximum absolute atomic E-state index is 12.8. The third kappa shape index (κ3) is 4.90. The summed E-state index contributed by atoms with van der Waals surface area (Å²) >= 11 is 6.06. The number of carbonyl (C=O) groups excluding carboxylic acids is 1. The van der Waals surface area contributed by atoms with E-state index in [9.17, 15) is 4.79 Å². The topological polar surface area (TPSA) is 59.4 Å². The van der Waals surface area contributed by atoms with Crippen LogP contribution < -0.4 is 5.32 Å². The molecule has 0 aliphatic carbocycles. The Hall–Kier alpha value is -2.67. The second-order valence-corrected chi connectivity index (χ2v) is 7.85. The largest absolute Gasteiger partial charge is 0.379 e. The summed E-state index contributed by atoms with van der Waals surface area (Å²) in [6.45, 7) is 5.70. The Morgan fingerprint density at radius 1 is 1.17 bits per heavy atom. The van der Waals surface area contributed by atoms with Crippen LogP contribution in [0.3, 0.4) is 0 Å². The summed E-state index contributed by atoms with van der Waals surface area (Å²) in [7, 11) is 0. The maximum Gasteiger partial charge on any atom is 0.271 e. The average molecular weight is 425 g/mol. The first-order valence-corrected chi connectivity index (χ1v) is 10.5. The number of nitrogens with zero attached hydrogens (tertiary/aromatic N) is 3. The highest BCUT2D eigenvalue weighted by molar-refractivity contribution is 6.30. The van der Waals surface area contributed by atoms with E-state index < -0.39 is 0 Å². The first-order valence-electron chi connectivity index (χ1n) is 10.1. The molecule has 1 aliphatic rings. The van der Waals surface area contributed by atoms with E-state index in [4.69, 9.17) is 16.3 Å². The highest BCUT2D eigenvalue weighted by Crippen LogP contribution is 2.22. The Morgan fingerprint density at radius 2 is 1.97 bits per heavy atom. The lowest BCUT2D eigenvalue weighted by Gasteiger charge is -2.35. The van der Waals surface area contributed by atoms with Crippen molar-refractivity contribution in [2.75, 3.05) is 32.8 Å². The number of ether oxygens (including phenoxy) is 1. The molecular weight excluding hydrogens is 400 g/mol. The van der Waals surface area contributed by atoms with E-state index >= 15 is 0 Å². The van der Waals surface area contributed by atoms with E-state index in [1.807, 2.05) is 18.2 Å². The van der Waals surface area contributed by atoms with E-state index in [-0.39, 0.29) is 11.9 Å². The second-order valence-electron chi connectivity index (χ2n) is 7.41. The second kappa shape index (κ2) is 9.43. The summed E-state index contributed by atoms with van der Waals surface area (Å²) in [5.74, 6) is -0.193. The van der Waals surface area contributed by atoms with Gasteiger partial charge in [0, 0.05) is 30.9 Å². The highest BCUT2D eigenvalue weighted by atomic mass is 35.5. The van der Waals surface area contributed by atoms with Crippen LogP contribution in [-0.4, -0.2) is 53.4 Å². The van der Waals surface area contributed by atoms with Gasteiger partial charge < -0.3 is 10.1 Å². The molecule has 2 aromatic carbocycles. The molecule has 1 amide bonds. The van der Waals surface area contributed by atoms with Gasteiger partial charge in [0.15, 0.2) is 5.69 Å². The zero-order valence-corrected chi connectivity index (χ0v) is 17.7. The molecule has 1 atom stereocenters. The summed E-state index contributed by atoms with van der Waals surface area (Å²) in [5.41, 5.74) is 3.59. The van der Waals surface area contributed by atoms with Crippen LogP contribution in [0.15, 0.2) is 60.8 Å². The Balaban J connectivity index is 1.47. The number of aromatic nitrogens is 2. The van der Waals surface area contributed by atoms with Gasteiger partial charge in [0.1, 0.15) is 0 Å². The van der Waals surface area contributed by atoms with Crippen LogP contribution in [-0.2, 0) is 4.74 Å². The normalized spacial score (nSPS) is 15.7. The van der Waals surface area contributed by atoms with E-state index in [1.165, 1.54) is 11.1 Å². The number of nitrogens with one attached hydrogen (secondary N) is 1. The molecule has 30 heavy (non-hydrogen) atoms. The summed E-state index contributed by atoms with van der Waals surface area (Å²) in [4.78, 5) is 15.1. The molecule has 1 unspecified atom stereocenters. The van der Waals surface area contributed by atoms with Crippen molar-refractivity contribution >= 4 is 17.5 Å². The number of morpholine rings is 1. The minimum atomic E-state index is -0.193. The van der Waals surface area contributed by atoms with Crippen LogP contribution in [0.5, 0.6) is 0 Å². The number of carbonyl (C=O) groups is 1. The number of benzene rings is 2. The highest BCUT2D eigenvalue weighted by Gasteiger charge is 2.24. The van der Waals surface area contributed by atoms with E-state index in [0.29, 0.717) is 30.5 Å². The van der Waals surface area contributed by atoms with Crippen molar-refractivity contribution in [3.63, 3.8) is 0 Å². The predicted molar refractivity (Wildman–Crippen MR) is 117 cm³/mol. The van der Waals surface area contributed by atoms with Gasteiger partial charge in [-0.05, 0) is 36.8 Å². The molecule has 0 saturated carbocycles. The number of amides is 1. The lowest BCUT2D eigenvalue weighted by molar-refractivity contribution is 0.0162. The molecule has 1 fully saturated rings. The van der Waals surface area contributed by atoms with Crippen molar-refractivity contribution in [2.24, 2.45) is 0 Å². The fourth-order valence-electron chi connectivity index (χ4n) is 3.71. The van der Waals surface area contributed by atoms with Crippen molar-refractivity contribution < 1.29 is 9.53 Å². The van der Waals surface area contributed by atoms with Crippen LogP contribution in [0, 0.1) is 6.92 Å². The van der Waals surface area contributed by atoms with Crippen molar-refractivity contribution in [3.8, 4) is 5.69 Å². The molecular formula is C23H25ClN4O2. The lowest BCUT2D eigenvalue weighted by Crippen LogP contribution is -2.43. The molecule has 0 bridgehead atoms. The Bertz CT molecular complexity index is 1010. The molecule has 6 nitrogen and oxygen atoms in total. The fourth-order valence-corrected chi connectivity index (χ4v) is 3.90. The van der Waals surface area contributed by atoms with Crippen LogP contribution in [0.2, 0.25) is 5.02 Å². The minimum Gasteiger partial charge on any atom is -0.379 e. The smallest absolute Gasteiger partial charge is 0.271 e. The van der Waals surface area contributed by atoms with E-state index in [0.717, 1.165) is 18.8 Å². The molecule has 7 heteroatoms. The summed E-state index contributed by atoms with van der Waals surface area (Å²) in [5, 5.41) is 8.10. The zero-order valence-electron chi connectivity index (χ0n) is 16.9. The van der Waals surface area contributed by atoms with Gasteiger partial charge in [0.05, 0.1) is 24.9 Å². The van der Waals surface area contributed by atoms with Crippen LogP contribution in [0.25, 0.3) is 5.69 Å². The molecule has 2 heterocycles. The molecule has 1 saturated heterocycles. The minimum absolute atomic E-state index is 0.0905.